The van der Waals surface area contributed by atoms with Crippen LogP contribution in [0.2, 0.25) is 0 Å². The lowest BCUT2D eigenvalue weighted by Crippen LogP contribution is -1.89. The lowest BCUT2D eigenvalue weighted by molar-refractivity contribution is 0.379. The zero-order chi connectivity index (χ0) is 12.8. The molecule has 0 saturated heterocycles. The highest BCUT2D eigenvalue weighted by atomic mass is 16.5. The molecule has 2 aromatic rings. The summed E-state index contributed by atoms with van der Waals surface area (Å²) in [6, 6.07) is 14.2. The number of hydrogen-bond acceptors (Lipinski definition) is 4. The number of carbonyl (C=O) groups excluding carboxylic acids is 1. The summed E-state index contributed by atoms with van der Waals surface area (Å²) in [5, 5.41) is 0. The zero-order valence-corrected chi connectivity index (χ0v) is 9.79. The van der Waals surface area contributed by atoms with Crippen LogP contribution in [0.1, 0.15) is 0 Å². The number of rotatable bonds is 4. The second-order valence-electron chi connectivity index (χ2n) is 3.42. The van der Waals surface area contributed by atoms with Crippen molar-refractivity contribution in [3.63, 3.8) is 0 Å². The Hall–Kier alpha value is -2.58. The predicted molar refractivity (Wildman–Crippen MR) is 67.3 cm³/mol. The van der Waals surface area contributed by atoms with Gasteiger partial charge in [-0.15, -0.1) is 0 Å². The van der Waals surface area contributed by atoms with Crippen LogP contribution in [0.25, 0.3) is 0 Å². The SMILES string of the molecule is COc1ccccc1Oc1ccccc1N=C=O. The van der Waals surface area contributed by atoms with Gasteiger partial charge < -0.3 is 9.47 Å². The van der Waals surface area contributed by atoms with E-state index in [1.54, 1.807) is 43.5 Å². The predicted octanol–water partition coefficient (Wildman–Crippen LogP) is 3.45. The molecule has 0 aromatic heterocycles. The van der Waals surface area contributed by atoms with Crippen LogP contribution >= 0.6 is 0 Å². The third-order valence-electron chi connectivity index (χ3n) is 2.32. The van der Waals surface area contributed by atoms with E-state index in [9.17, 15) is 4.79 Å². The summed E-state index contributed by atoms with van der Waals surface area (Å²) in [4.78, 5) is 13.9. The molecule has 0 bridgehead atoms. The minimum atomic E-state index is 0.429. The summed E-state index contributed by atoms with van der Waals surface area (Å²) >= 11 is 0. The van der Waals surface area contributed by atoms with Crippen molar-refractivity contribution >= 4 is 11.8 Å². The van der Waals surface area contributed by atoms with Gasteiger partial charge in [0, 0.05) is 0 Å². The van der Waals surface area contributed by atoms with Crippen molar-refractivity contribution in [2.45, 2.75) is 0 Å². The summed E-state index contributed by atoms with van der Waals surface area (Å²) in [6.07, 6.45) is 1.50. The second kappa shape index (κ2) is 5.66. The maximum Gasteiger partial charge on any atom is 0.240 e. The Bertz CT molecular complexity index is 589. The number of hydrogen-bond donors (Lipinski definition) is 0. The van der Waals surface area contributed by atoms with Crippen LogP contribution in [-0.4, -0.2) is 13.2 Å². The van der Waals surface area contributed by atoms with E-state index in [1.165, 1.54) is 6.08 Å². The van der Waals surface area contributed by atoms with Crippen molar-refractivity contribution in [2.24, 2.45) is 4.99 Å². The Morgan fingerprint density at radius 1 is 0.944 bits per heavy atom. The monoisotopic (exact) mass is 241 g/mol. The van der Waals surface area contributed by atoms with Crippen molar-refractivity contribution in [2.75, 3.05) is 7.11 Å². The molecule has 0 radical (unpaired) electrons. The lowest BCUT2D eigenvalue weighted by Gasteiger charge is -2.10. The maximum atomic E-state index is 10.3. The molecule has 90 valence electrons. The summed E-state index contributed by atoms with van der Waals surface area (Å²) in [5.41, 5.74) is 0.429. The Morgan fingerprint density at radius 3 is 2.22 bits per heavy atom. The van der Waals surface area contributed by atoms with E-state index in [1.807, 2.05) is 12.1 Å². The van der Waals surface area contributed by atoms with Gasteiger partial charge in [0.25, 0.3) is 0 Å². The van der Waals surface area contributed by atoms with Crippen molar-refractivity contribution in [1.29, 1.82) is 0 Å². The fraction of sp³-hybridized carbons (Fsp3) is 0.0714. The topological polar surface area (TPSA) is 47.9 Å². The van der Waals surface area contributed by atoms with E-state index in [0.29, 0.717) is 22.9 Å². The number of methoxy groups -OCH3 is 1. The Labute approximate surface area is 105 Å². The van der Waals surface area contributed by atoms with E-state index in [0.717, 1.165) is 0 Å². The molecule has 0 aliphatic carbocycles. The average molecular weight is 241 g/mol. The van der Waals surface area contributed by atoms with Gasteiger partial charge in [0.1, 0.15) is 5.69 Å². The molecule has 2 rings (SSSR count). The minimum absolute atomic E-state index is 0.429. The molecule has 0 N–H and O–H groups in total. The van der Waals surface area contributed by atoms with E-state index in [-0.39, 0.29) is 0 Å². The van der Waals surface area contributed by atoms with E-state index >= 15 is 0 Å². The fourth-order valence-electron chi connectivity index (χ4n) is 1.51. The van der Waals surface area contributed by atoms with Gasteiger partial charge in [-0.3, -0.25) is 0 Å². The van der Waals surface area contributed by atoms with Crippen molar-refractivity contribution in [3.05, 3.63) is 48.5 Å². The number of isocyanates is 1. The normalized spacial score (nSPS) is 9.39. The maximum absolute atomic E-state index is 10.3. The summed E-state index contributed by atoms with van der Waals surface area (Å²) in [5.74, 6) is 1.65. The van der Waals surface area contributed by atoms with Gasteiger partial charge in [-0.05, 0) is 24.3 Å². The number of aliphatic imine (C=N–C) groups is 1. The number of nitrogens with zero attached hydrogens (tertiary/aromatic N) is 1. The van der Waals surface area contributed by atoms with Gasteiger partial charge in [0.05, 0.1) is 7.11 Å². The highest BCUT2D eigenvalue weighted by Gasteiger charge is 2.07. The first kappa shape index (κ1) is 11.9. The van der Waals surface area contributed by atoms with Crippen LogP contribution in [0, 0.1) is 0 Å². The molecule has 4 nitrogen and oxygen atoms in total. The summed E-state index contributed by atoms with van der Waals surface area (Å²) in [6.45, 7) is 0. The Morgan fingerprint density at radius 2 is 1.56 bits per heavy atom. The van der Waals surface area contributed by atoms with Crippen molar-refractivity contribution < 1.29 is 14.3 Å². The number of ether oxygens (including phenoxy) is 2. The fourth-order valence-corrected chi connectivity index (χ4v) is 1.51. The molecule has 0 fully saturated rings. The third kappa shape index (κ3) is 2.56. The molecule has 0 spiro atoms. The highest BCUT2D eigenvalue weighted by molar-refractivity contribution is 5.59. The van der Waals surface area contributed by atoms with Crippen LogP contribution in [0.3, 0.4) is 0 Å². The molecule has 2 aromatic carbocycles. The molecule has 0 saturated carbocycles. The van der Waals surface area contributed by atoms with Gasteiger partial charge in [-0.1, -0.05) is 24.3 Å². The van der Waals surface area contributed by atoms with E-state index in [2.05, 4.69) is 4.99 Å². The molecule has 4 heteroatoms. The first-order chi connectivity index (χ1) is 8.85. The first-order valence-electron chi connectivity index (χ1n) is 5.33. The largest absolute Gasteiger partial charge is 0.493 e. The van der Waals surface area contributed by atoms with Gasteiger partial charge >= 0.3 is 0 Å². The quantitative estimate of drug-likeness (QED) is 0.608. The van der Waals surface area contributed by atoms with Gasteiger partial charge in [-0.2, -0.15) is 4.99 Å². The van der Waals surface area contributed by atoms with Crippen LogP contribution in [0.5, 0.6) is 17.2 Å². The second-order valence-corrected chi connectivity index (χ2v) is 3.42. The molecule has 0 heterocycles. The van der Waals surface area contributed by atoms with Gasteiger partial charge in [-0.25, -0.2) is 4.79 Å². The molecule has 0 aliphatic rings. The zero-order valence-electron chi connectivity index (χ0n) is 9.79. The molecular formula is C14H11NO3. The lowest BCUT2D eigenvalue weighted by atomic mass is 10.3. The van der Waals surface area contributed by atoms with Gasteiger partial charge in [0.2, 0.25) is 6.08 Å². The standard InChI is InChI=1S/C14H11NO3/c1-17-13-8-4-5-9-14(13)18-12-7-3-2-6-11(12)15-10-16/h2-9H,1H3. The van der Waals surface area contributed by atoms with Crippen molar-refractivity contribution in [3.8, 4) is 17.2 Å². The molecule has 0 atom stereocenters. The number of benzene rings is 2. The molecule has 18 heavy (non-hydrogen) atoms. The smallest absolute Gasteiger partial charge is 0.240 e. The molecule has 0 amide bonds. The minimum Gasteiger partial charge on any atom is -0.493 e. The summed E-state index contributed by atoms with van der Waals surface area (Å²) in [7, 11) is 1.57. The molecule has 0 unspecified atom stereocenters. The molecule has 0 aliphatic heterocycles. The molecular weight excluding hydrogens is 230 g/mol. The number of para-hydroxylation sites is 4. The van der Waals surface area contributed by atoms with E-state index < -0.39 is 0 Å². The highest BCUT2D eigenvalue weighted by Crippen LogP contribution is 2.35. The Kier molecular flexibility index (Phi) is 3.74. The van der Waals surface area contributed by atoms with Crippen LogP contribution < -0.4 is 9.47 Å². The van der Waals surface area contributed by atoms with Crippen LogP contribution in [0.4, 0.5) is 5.69 Å². The first-order valence-corrected chi connectivity index (χ1v) is 5.33. The third-order valence-corrected chi connectivity index (χ3v) is 2.32. The van der Waals surface area contributed by atoms with Crippen LogP contribution in [-0.2, 0) is 4.79 Å². The van der Waals surface area contributed by atoms with Gasteiger partial charge in [0.15, 0.2) is 17.2 Å². The van der Waals surface area contributed by atoms with Crippen molar-refractivity contribution in [1.82, 2.24) is 0 Å². The summed E-state index contributed by atoms with van der Waals surface area (Å²) < 4.78 is 10.9. The Balaban J connectivity index is 2.36. The van der Waals surface area contributed by atoms with Crippen LogP contribution in [0.15, 0.2) is 53.5 Å². The average Bonchev–Trinajstić information content (AvgIpc) is 2.42. The van der Waals surface area contributed by atoms with E-state index in [4.69, 9.17) is 9.47 Å².